The lowest BCUT2D eigenvalue weighted by molar-refractivity contribution is 0.1000. The topological polar surface area (TPSA) is 111 Å². The summed E-state index contributed by atoms with van der Waals surface area (Å²) in [7, 11) is 0. The Hall–Kier alpha value is -3.26. The van der Waals surface area contributed by atoms with Gasteiger partial charge in [0.05, 0.1) is 11.4 Å². The summed E-state index contributed by atoms with van der Waals surface area (Å²) in [5, 5.41) is 15.1. The molecular formula is C26H35N5O3. The molecule has 2 aliphatic heterocycles. The second-order valence-corrected chi connectivity index (χ2v) is 9.23. The first kappa shape index (κ1) is 23.9. The van der Waals surface area contributed by atoms with Crippen LogP contribution in [0, 0.1) is 5.92 Å². The van der Waals surface area contributed by atoms with Gasteiger partial charge in [0.15, 0.2) is 0 Å². The number of aliphatic hydroxyl groups is 1. The molecule has 2 saturated heterocycles. The van der Waals surface area contributed by atoms with Gasteiger partial charge in [-0.1, -0.05) is 12.1 Å². The number of primary amides is 1. The average molecular weight is 466 g/mol. The molecule has 0 saturated carbocycles. The predicted octanol–water partition coefficient (Wildman–Crippen LogP) is 3.31. The predicted molar refractivity (Wildman–Crippen MR) is 135 cm³/mol. The lowest BCUT2D eigenvalue weighted by Gasteiger charge is -2.33. The highest BCUT2D eigenvalue weighted by atomic mass is 16.3. The van der Waals surface area contributed by atoms with Crippen LogP contribution in [0.25, 0.3) is 0 Å². The van der Waals surface area contributed by atoms with Crippen molar-refractivity contribution >= 4 is 29.0 Å². The highest BCUT2D eigenvalue weighted by Gasteiger charge is 2.19. The van der Waals surface area contributed by atoms with Crippen LogP contribution >= 0.6 is 0 Å². The molecule has 0 aromatic heterocycles. The first-order valence-electron chi connectivity index (χ1n) is 12.2. The zero-order valence-electron chi connectivity index (χ0n) is 19.6. The molecule has 0 spiro atoms. The third-order valence-electron chi connectivity index (χ3n) is 6.85. The monoisotopic (exact) mass is 465 g/mol. The molecule has 8 nitrogen and oxygen atoms in total. The minimum absolute atomic E-state index is 0.271. The van der Waals surface area contributed by atoms with E-state index < -0.39 is 5.91 Å². The van der Waals surface area contributed by atoms with Crippen molar-refractivity contribution in [1.29, 1.82) is 0 Å². The van der Waals surface area contributed by atoms with Gasteiger partial charge in [0.2, 0.25) is 5.91 Å². The normalized spacial score (nSPS) is 16.9. The number of piperidine rings is 2. The molecule has 2 heterocycles. The molecule has 34 heavy (non-hydrogen) atoms. The fraction of sp³-hybridized carbons (Fsp3) is 0.462. The Bertz CT molecular complexity index is 980. The summed E-state index contributed by atoms with van der Waals surface area (Å²) in [5.74, 6) is -0.105. The van der Waals surface area contributed by atoms with Crippen LogP contribution in [-0.2, 0) is 6.54 Å². The maximum atomic E-state index is 12.7. The van der Waals surface area contributed by atoms with Crippen LogP contribution in [0.1, 0.15) is 48.0 Å². The Morgan fingerprint density at radius 1 is 0.941 bits per heavy atom. The third-order valence-corrected chi connectivity index (χ3v) is 6.85. The van der Waals surface area contributed by atoms with Gasteiger partial charge in [0, 0.05) is 50.6 Å². The van der Waals surface area contributed by atoms with Crippen LogP contribution < -0.4 is 26.2 Å². The molecule has 0 aliphatic carbocycles. The summed E-state index contributed by atoms with van der Waals surface area (Å²) in [6, 6.07) is 13.1. The summed E-state index contributed by atoms with van der Waals surface area (Å²) >= 11 is 0. The van der Waals surface area contributed by atoms with Crippen molar-refractivity contribution in [2.45, 2.75) is 38.6 Å². The number of nitrogens with two attached hydrogens (primary N) is 1. The Morgan fingerprint density at radius 3 is 2.29 bits per heavy atom. The largest absolute Gasteiger partial charge is 0.396 e. The highest BCUT2D eigenvalue weighted by molar-refractivity contribution is 5.98. The second kappa shape index (κ2) is 11.2. The van der Waals surface area contributed by atoms with Crippen molar-refractivity contribution in [3.63, 3.8) is 0 Å². The van der Waals surface area contributed by atoms with Gasteiger partial charge in [-0.25, -0.2) is 4.79 Å². The molecule has 182 valence electrons. The standard InChI is InChI=1S/C26H35N5O3/c27-25(33)21-6-9-24(31-12-2-1-3-13-31)23(16-21)29-26(34)28-17-19-4-7-22(8-5-19)30-14-10-20(18-32)11-15-30/h4-9,16,20,32H,1-3,10-15,17-18H2,(H2,27,33)(H2,28,29,34). The van der Waals surface area contributed by atoms with E-state index in [9.17, 15) is 14.7 Å². The first-order chi connectivity index (χ1) is 16.5. The van der Waals surface area contributed by atoms with E-state index in [2.05, 4.69) is 32.6 Å². The molecule has 0 atom stereocenters. The lowest BCUT2D eigenvalue weighted by Crippen LogP contribution is -2.34. The van der Waals surface area contributed by atoms with Crippen LogP contribution in [0.5, 0.6) is 0 Å². The summed E-state index contributed by atoms with van der Waals surface area (Å²) in [6.07, 6.45) is 5.45. The number of aliphatic hydroxyl groups excluding tert-OH is 1. The molecule has 0 radical (unpaired) electrons. The Balaban J connectivity index is 1.35. The zero-order chi connectivity index (χ0) is 23.9. The summed E-state index contributed by atoms with van der Waals surface area (Å²) < 4.78 is 0. The van der Waals surface area contributed by atoms with Gasteiger partial charge < -0.3 is 31.3 Å². The van der Waals surface area contributed by atoms with Crippen molar-refractivity contribution < 1.29 is 14.7 Å². The van der Waals surface area contributed by atoms with Gasteiger partial charge >= 0.3 is 6.03 Å². The number of rotatable bonds is 7. The maximum absolute atomic E-state index is 12.7. The molecule has 5 N–H and O–H groups in total. The van der Waals surface area contributed by atoms with E-state index in [4.69, 9.17) is 5.73 Å². The van der Waals surface area contributed by atoms with Crippen LogP contribution in [0.3, 0.4) is 0 Å². The molecule has 2 fully saturated rings. The van der Waals surface area contributed by atoms with E-state index in [0.29, 0.717) is 23.7 Å². The minimum atomic E-state index is -0.519. The van der Waals surface area contributed by atoms with E-state index in [1.807, 2.05) is 18.2 Å². The van der Waals surface area contributed by atoms with Crippen LogP contribution in [-0.4, -0.2) is 49.8 Å². The van der Waals surface area contributed by atoms with Crippen molar-refractivity contribution in [2.75, 3.05) is 47.9 Å². The SMILES string of the molecule is NC(=O)c1ccc(N2CCCCC2)c(NC(=O)NCc2ccc(N3CCC(CO)CC3)cc2)c1. The molecule has 0 bridgehead atoms. The van der Waals surface area contributed by atoms with E-state index in [1.54, 1.807) is 12.1 Å². The molecule has 2 aliphatic rings. The van der Waals surface area contributed by atoms with Crippen LogP contribution in [0.15, 0.2) is 42.5 Å². The van der Waals surface area contributed by atoms with Gasteiger partial charge in [0.1, 0.15) is 0 Å². The van der Waals surface area contributed by atoms with E-state index >= 15 is 0 Å². The molecular weight excluding hydrogens is 430 g/mol. The number of carbonyl (C=O) groups excluding carboxylic acids is 2. The Morgan fingerprint density at radius 2 is 1.65 bits per heavy atom. The number of nitrogens with one attached hydrogen (secondary N) is 2. The summed E-state index contributed by atoms with van der Waals surface area (Å²) in [4.78, 5) is 28.9. The number of benzene rings is 2. The zero-order valence-corrected chi connectivity index (χ0v) is 19.6. The summed E-state index contributed by atoms with van der Waals surface area (Å²) in [5.41, 5.74) is 9.51. The van der Waals surface area contributed by atoms with Crippen LogP contribution in [0.2, 0.25) is 0 Å². The number of hydrogen-bond donors (Lipinski definition) is 4. The van der Waals surface area contributed by atoms with Crippen molar-refractivity contribution in [1.82, 2.24) is 5.32 Å². The van der Waals surface area contributed by atoms with E-state index in [-0.39, 0.29) is 12.6 Å². The lowest BCUT2D eigenvalue weighted by atomic mass is 9.97. The maximum Gasteiger partial charge on any atom is 0.319 e. The number of anilines is 3. The average Bonchev–Trinajstić information content (AvgIpc) is 2.88. The summed E-state index contributed by atoms with van der Waals surface area (Å²) in [6.45, 7) is 4.43. The number of amides is 3. The van der Waals surface area contributed by atoms with Gasteiger partial charge in [-0.05, 0) is 73.9 Å². The Kier molecular flexibility index (Phi) is 7.90. The first-order valence-corrected chi connectivity index (χ1v) is 12.2. The van der Waals surface area contributed by atoms with Gasteiger partial charge in [-0.3, -0.25) is 4.79 Å². The van der Waals surface area contributed by atoms with Gasteiger partial charge in [-0.15, -0.1) is 0 Å². The second-order valence-electron chi connectivity index (χ2n) is 9.23. The molecule has 3 amide bonds. The smallest absolute Gasteiger partial charge is 0.319 e. The molecule has 2 aromatic carbocycles. The van der Waals surface area contributed by atoms with E-state index in [1.165, 1.54) is 12.1 Å². The molecule has 4 rings (SSSR count). The molecule has 0 unspecified atom stereocenters. The molecule has 8 heteroatoms. The number of nitrogens with zero attached hydrogens (tertiary/aromatic N) is 2. The van der Waals surface area contributed by atoms with Crippen LogP contribution in [0.4, 0.5) is 21.9 Å². The fourth-order valence-corrected chi connectivity index (χ4v) is 4.75. The third kappa shape index (κ3) is 5.99. The van der Waals surface area contributed by atoms with Gasteiger partial charge in [-0.2, -0.15) is 0 Å². The number of urea groups is 1. The quantitative estimate of drug-likeness (QED) is 0.501. The number of hydrogen-bond acceptors (Lipinski definition) is 5. The fourth-order valence-electron chi connectivity index (χ4n) is 4.75. The van der Waals surface area contributed by atoms with Crippen molar-refractivity contribution in [3.05, 3.63) is 53.6 Å². The Labute approximate surface area is 201 Å². The minimum Gasteiger partial charge on any atom is -0.396 e. The van der Waals surface area contributed by atoms with Gasteiger partial charge in [0.25, 0.3) is 0 Å². The number of carbonyl (C=O) groups is 2. The van der Waals surface area contributed by atoms with E-state index in [0.717, 1.165) is 63.1 Å². The molecule has 2 aromatic rings. The van der Waals surface area contributed by atoms with Crippen molar-refractivity contribution in [3.8, 4) is 0 Å². The van der Waals surface area contributed by atoms with Crippen molar-refractivity contribution in [2.24, 2.45) is 11.7 Å². The highest BCUT2D eigenvalue weighted by Crippen LogP contribution is 2.30.